The largest absolute Gasteiger partial charge is 0.350 e. The minimum absolute atomic E-state index is 0.102. The van der Waals surface area contributed by atoms with Crippen LogP contribution < -0.4 is 20.9 Å². The predicted octanol–water partition coefficient (Wildman–Crippen LogP) is 1.99. The van der Waals surface area contributed by atoms with Crippen LogP contribution in [0.1, 0.15) is 12.0 Å². The number of hydrogen-bond donors (Lipinski definition) is 3. The van der Waals surface area contributed by atoms with Crippen molar-refractivity contribution in [2.75, 3.05) is 28.8 Å². The van der Waals surface area contributed by atoms with Crippen molar-refractivity contribution in [3.8, 4) is 0 Å². The predicted molar refractivity (Wildman–Crippen MR) is 114 cm³/mol. The van der Waals surface area contributed by atoms with Crippen LogP contribution in [-0.4, -0.2) is 47.4 Å². The van der Waals surface area contributed by atoms with E-state index in [1.165, 1.54) is 4.90 Å². The summed E-state index contributed by atoms with van der Waals surface area (Å²) in [6.07, 6.45) is 5.77. The molecule has 0 fully saturated rings. The zero-order chi connectivity index (χ0) is 20.6. The van der Waals surface area contributed by atoms with Crippen molar-refractivity contribution < 1.29 is 14.4 Å². The summed E-state index contributed by atoms with van der Waals surface area (Å²) in [5.74, 6) is 0.161. The van der Waals surface area contributed by atoms with Crippen LogP contribution in [0.25, 0.3) is 0 Å². The summed E-state index contributed by atoms with van der Waals surface area (Å²) in [5, 5.41) is 8.37. The molecule has 0 bridgehead atoms. The lowest BCUT2D eigenvalue weighted by molar-refractivity contribution is -0.123. The molecule has 2 aromatic rings. The maximum absolute atomic E-state index is 12.9. The van der Waals surface area contributed by atoms with Gasteiger partial charge in [-0.3, -0.25) is 19.5 Å². The third-order valence-corrected chi connectivity index (χ3v) is 5.07. The Labute approximate surface area is 173 Å². The number of fused-ring (bicyclic) bond motifs is 1. The van der Waals surface area contributed by atoms with Gasteiger partial charge >= 0.3 is 6.03 Å². The van der Waals surface area contributed by atoms with E-state index in [0.717, 1.165) is 5.56 Å². The first-order valence-electron chi connectivity index (χ1n) is 9.21. The Morgan fingerprint density at radius 1 is 1.28 bits per heavy atom. The highest BCUT2D eigenvalue weighted by atomic mass is 32.2. The van der Waals surface area contributed by atoms with Crippen LogP contribution in [0, 0.1) is 0 Å². The average Bonchev–Trinajstić information content (AvgIpc) is 2.74. The van der Waals surface area contributed by atoms with Gasteiger partial charge in [-0.25, -0.2) is 4.79 Å². The number of carbonyl (C=O) groups is 3. The second-order valence-electron chi connectivity index (χ2n) is 6.51. The van der Waals surface area contributed by atoms with Crippen molar-refractivity contribution >= 4 is 41.0 Å². The van der Waals surface area contributed by atoms with Gasteiger partial charge < -0.3 is 16.0 Å². The Bertz CT molecular complexity index is 877. The Balaban J connectivity index is 1.68. The molecule has 8 nitrogen and oxygen atoms in total. The van der Waals surface area contributed by atoms with Crippen molar-refractivity contribution in [3.05, 3.63) is 54.4 Å². The van der Waals surface area contributed by atoms with E-state index in [0.29, 0.717) is 30.1 Å². The second kappa shape index (κ2) is 9.92. The molecule has 0 saturated heterocycles. The molecule has 152 valence electrons. The van der Waals surface area contributed by atoms with Crippen molar-refractivity contribution in [2.24, 2.45) is 0 Å². The fraction of sp³-hybridized carbons (Fsp3) is 0.300. The average molecular weight is 414 g/mol. The number of amides is 4. The van der Waals surface area contributed by atoms with Crippen molar-refractivity contribution in [2.45, 2.75) is 19.0 Å². The zero-order valence-corrected chi connectivity index (χ0v) is 16.9. The quantitative estimate of drug-likeness (QED) is 0.644. The van der Waals surface area contributed by atoms with E-state index in [1.807, 2.05) is 12.3 Å². The molecule has 3 N–H and O–H groups in total. The number of carbonyl (C=O) groups excluding carboxylic acids is 3. The van der Waals surface area contributed by atoms with Gasteiger partial charge in [0.15, 0.2) is 0 Å². The summed E-state index contributed by atoms with van der Waals surface area (Å²) >= 11 is 1.59. The monoisotopic (exact) mass is 413 g/mol. The number of nitrogens with one attached hydrogen (secondary N) is 3. The van der Waals surface area contributed by atoms with Crippen LogP contribution in [0.4, 0.5) is 16.2 Å². The number of anilines is 2. The molecule has 1 aromatic heterocycles. The van der Waals surface area contributed by atoms with E-state index in [9.17, 15) is 14.4 Å². The van der Waals surface area contributed by atoms with E-state index in [4.69, 9.17) is 0 Å². The Morgan fingerprint density at radius 3 is 2.86 bits per heavy atom. The van der Waals surface area contributed by atoms with E-state index >= 15 is 0 Å². The number of pyridine rings is 1. The van der Waals surface area contributed by atoms with Crippen LogP contribution in [-0.2, 0) is 16.1 Å². The lowest BCUT2D eigenvalue weighted by Crippen LogP contribution is -2.54. The van der Waals surface area contributed by atoms with Crippen molar-refractivity contribution in [1.82, 2.24) is 15.6 Å². The highest BCUT2D eigenvalue weighted by molar-refractivity contribution is 7.98. The Morgan fingerprint density at radius 2 is 2.10 bits per heavy atom. The van der Waals surface area contributed by atoms with E-state index in [-0.39, 0.29) is 18.4 Å². The van der Waals surface area contributed by atoms with Crippen molar-refractivity contribution in [3.63, 3.8) is 0 Å². The summed E-state index contributed by atoms with van der Waals surface area (Å²) in [5.41, 5.74) is 2.04. The molecule has 1 aliphatic rings. The van der Waals surface area contributed by atoms with Gasteiger partial charge in [0.1, 0.15) is 12.6 Å². The first kappa shape index (κ1) is 20.7. The molecule has 0 spiro atoms. The molecule has 1 aliphatic heterocycles. The molecule has 0 unspecified atom stereocenters. The molecule has 0 saturated carbocycles. The number of nitrogens with zero attached hydrogens (tertiary/aromatic N) is 2. The topological polar surface area (TPSA) is 103 Å². The fourth-order valence-electron chi connectivity index (χ4n) is 2.96. The molecule has 29 heavy (non-hydrogen) atoms. The second-order valence-corrected chi connectivity index (χ2v) is 7.50. The molecule has 4 amide bonds. The summed E-state index contributed by atoms with van der Waals surface area (Å²) in [4.78, 5) is 42.9. The molecule has 1 aromatic carbocycles. The minimum Gasteiger partial charge on any atom is -0.350 e. The number of rotatable bonds is 7. The molecule has 9 heteroatoms. The van der Waals surface area contributed by atoms with Gasteiger partial charge in [0.25, 0.3) is 0 Å². The summed E-state index contributed by atoms with van der Waals surface area (Å²) in [6.45, 7) is 0.225. The molecule has 2 heterocycles. The highest BCUT2D eigenvalue weighted by Gasteiger charge is 2.29. The summed E-state index contributed by atoms with van der Waals surface area (Å²) in [6, 6.07) is 9.56. The van der Waals surface area contributed by atoms with Gasteiger partial charge in [0.2, 0.25) is 11.8 Å². The SMILES string of the molecule is CSCC[C@@H](NC(=O)N1CC(=O)Nc2ccccc21)C(=O)NCc1cccnc1. The lowest BCUT2D eigenvalue weighted by atomic mass is 10.2. The molecule has 1 atom stereocenters. The Kier molecular flexibility index (Phi) is 7.07. The molecule has 3 rings (SSSR count). The maximum Gasteiger partial charge on any atom is 0.323 e. The number of urea groups is 1. The van der Waals surface area contributed by atoms with Gasteiger partial charge in [-0.05, 0) is 42.2 Å². The summed E-state index contributed by atoms with van der Waals surface area (Å²) < 4.78 is 0. The lowest BCUT2D eigenvalue weighted by Gasteiger charge is -2.30. The molecular formula is C20H23N5O3S. The van der Waals surface area contributed by atoms with E-state index < -0.39 is 12.1 Å². The summed E-state index contributed by atoms with van der Waals surface area (Å²) in [7, 11) is 0. The fourth-order valence-corrected chi connectivity index (χ4v) is 3.43. The van der Waals surface area contributed by atoms with Gasteiger partial charge in [-0.1, -0.05) is 18.2 Å². The Hall–Kier alpha value is -3.07. The normalized spacial score (nSPS) is 13.8. The maximum atomic E-state index is 12.9. The van der Waals surface area contributed by atoms with E-state index in [1.54, 1.807) is 54.5 Å². The zero-order valence-electron chi connectivity index (χ0n) is 16.1. The molecule has 0 radical (unpaired) electrons. The molecular weight excluding hydrogens is 390 g/mol. The smallest absolute Gasteiger partial charge is 0.323 e. The van der Waals surface area contributed by atoms with E-state index in [2.05, 4.69) is 20.9 Å². The van der Waals surface area contributed by atoms with Crippen molar-refractivity contribution in [1.29, 1.82) is 0 Å². The number of para-hydroxylation sites is 2. The number of aromatic nitrogens is 1. The first-order chi connectivity index (χ1) is 14.1. The third-order valence-electron chi connectivity index (χ3n) is 4.43. The minimum atomic E-state index is -0.705. The van der Waals surface area contributed by atoms with Crippen LogP contribution in [0.2, 0.25) is 0 Å². The van der Waals surface area contributed by atoms with Crippen LogP contribution in [0.15, 0.2) is 48.8 Å². The third kappa shape index (κ3) is 5.47. The van der Waals surface area contributed by atoms with Gasteiger partial charge in [0.05, 0.1) is 11.4 Å². The standard InChI is InChI=1S/C20H23N5O3S/c1-29-10-8-16(19(27)22-12-14-5-4-9-21-11-14)24-20(28)25-13-18(26)23-15-6-2-3-7-17(15)25/h2-7,9,11,16H,8,10,12-13H2,1H3,(H,22,27)(H,23,26)(H,24,28)/t16-/m1/s1. The van der Waals surface area contributed by atoms with Crippen LogP contribution in [0.3, 0.4) is 0 Å². The van der Waals surface area contributed by atoms with Gasteiger partial charge in [-0.2, -0.15) is 11.8 Å². The number of thioether (sulfide) groups is 1. The van der Waals surface area contributed by atoms with Gasteiger partial charge in [0, 0.05) is 18.9 Å². The molecule has 0 aliphatic carbocycles. The van der Waals surface area contributed by atoms with Crippen LogP contribution >= 0.6 is 11.8 Å². The number of benzene rings is 1. The first-order valence-corrected chi connectivity index (χ1v) is 10.6. The van der Waals surface area contributed by atoms with Crippen LogP contribution in [0.5, 0.6) is 0 Å². The number of hydrogen-bond acceptors (Lipinski definition) is 5. The van der Waals surface area contributed by atoms with Gasteiger partial charge in [-0.15, -0.1) is 0 Å². The highest BCUT2D eigenvalue weighted by Crippen LogP contribution is 2.28.